The summed E-state index contributed by atoms with van der Waals surface area (Å²) in [6, 6.07) is 0. The molecule has 0 aromatic heterocycles. The highest BCUT2D eigenvalue weighted by Gasteiger charge is 2.20. The van der Waals surface area contributed by atoms with Crippen LogP contribution in [0.25, 0.3) is 0 Å². The summed E-state index contributed by atoms with van der Waals surface area (Å²) < 4.78 is 0. The zero-order valence-electron chi connectivity index (χ0n) is 17.2. The molecule has 0 aliphatic heterocycles. The predicted molar refractivity (Wildman–Crippen MR) is 122 cm³/mol. The van der Waals surface area contributed by atoms with Gasteiger partial charge in [0.2, 0.25) is 11.8 Å². The summed E-state index contributed by atoms with van der Waals surface area (Å²) in [5.74, 6) is 1.19. The lowest BCUT2D eigenvalue weighted by molar-refractivity contribution is -0.130. The first-order chi connectivity index (χ1) is 12.6. The molecule has 1 aliphatic rings. The number of guanidine groups is 1. The van der Waals surface area contributed by atoms with E-state index in [4.69, 9.17) is 0 Å². The molecule has 0 heterocycles. The second kappa shape index (κ2) is 15.9. The Labute approximate surface area is 181 Å². The summed E-state index contributed by atoms with van der Waals surface area (Å²) in [6.45, 7) is 9.85. The zero-order valence-corrected chi connectivity index (χ0v) is 19.5. The number of amides is 2. The van der Waals surface area contributed by atoms with Crippen LogP contribution < -0.4 is 16.0 Å². The second-order valence-electron chi connectivity index (χ2n) is 6.63. The summed E-state index contributed by atoms with van der Waals surface area (Å²) in [4.78, 5) is 30.4. The Bertz CT molecular complexity index is 449. The molecule has 7 nitrogen and oxygen atoms in total. The van der Waals surface area contributed by atoms with Crippen molar-refractivity contribution in [3.05, 3.63) is 0 Å². The monoisotopic (exact) mass is 495 g/mol. The maximum atomic E-state index is 12.1. The van der Waals surface area contributed by atoms with Gasteiger partial charge >= 0.3 is 0 Å². The number of aliphatic imine (C=N–C) groups is 1. The van der Waals surface area contributed by atoms with Crippen LogP contribution in [0.5, 0.6) is 0 Å². The molecule has 1 fully saturated rings. The molecule has 2 amide bonds. The number of hydrogen-bond acceptors (Lipinski definition) is 3. The number of carbonyl (C=O) groups is 2. The van der Waals surface area contributed by atoms with E-state index >= 15 is 0 Å². The fourth-order valence-corrected chi connectivity index (χ4v) is 3.22. The Morgan fingerprint density at radius 1 is 0.963 bits per heavy atom. The summed E-state index contributed by atoms with van der Waals surface area (Å²) in [5.41, 5.74) is 0. The number of rotatable bonds is 10. The van der Waals surface area contributed by atoms with E-state index < -0.39 is 0 Å². The van der Waals surface area contributed by atoms with Crippen molar-refractivity contribution in [1.29, 1.82) is 0 Å². The zero-order chi connectivity index (χ0) is 19.2. The minimum Gasteiger partial charge on any atom is -0.357 e. The highest BCUT2D eigenvalue weighted by atomic mass is 127. The maximum absolute atomic E-state index is 12.1. The van der Waals surface area contributed by atoms with Gasteiger partial charge in [0.1, 0.15) is 0 Å². The quantitative estimate of drug-likeness (QED) is 0.188. The van der Waals surface area contributed by atoms with Crippen LogP contribution in [0.15, 0.2) is 4.99 Å². The van der Waals surface area contributed by atoms with Crippen molar-refractivity contribution in [3.63, 3.8) is 0 Å². The first-order valence-electron chi connectivity index (χ1n) is 10.2. The largest absolute Gasteiger partial charge is 0.357 e. The lowest BCUT2D eigenvalue weighted by Crippen LogP contribution is -2.42. The van der Waals surface area contributed by atoms with Gasteiger partial charge in [-0.15, -0.1) is 24.0 Å². The molecule has 0 spiro atoms. The van der Waals surface area contributed by atoms with Crippen molar-refractivity contribution >= 4 is 41.8 Å². The predicted octanol–water partition coefficient (Wildman–Crippen LogP) is 2.11. The van der Waals surface area contributed by atoms with Crippen LogP contribution in [-0.2, 0) is 9.59 Å². The Morgan fingerprint density at radius 2 is 1.59 bits per heavy atom. The maximum Gasteiger partial charge on any atom is 0.224 e. The van der Waals surface area contributed by atoms with Gasteiger partial charge in [0, 0.05) is 45.1 Å². The van der Waals surface area contributed by atoms with Gasteiger partial charge in [0.25, 0.3) is 0 Å². The van der Waals surface area contributed by atoms with Crippen molar-refractivity contribution in [1.82, 2.24) is 20.9 Å². The van der Waals surface area contributed by atoms with Crippen LogP contribution in [-0.4, -0.2) is 61.9 Å². The number of carbonyl (C=O) groups excluding carboxylic acids is 2. The smallest absolute Gasteiger partial charge is 0.224 e. The lowest BCUT2D eigenvalue weighted by atomic mass is 9.89. The number of nitrogens with zero attached hydrogens (tertiary/aromatic N) is 2. The van der Waals surface area contributed by atoms with Crippen LogP contribution in [0, 0.1) is 5.92 Å². The van der Waals surface area contributed by atoms with Crippen molar-refractivity contribution in [3.8, 4) is 0 Å². The van der Waals surface area contributed by atoms with E-state index in [0.29, 0.717) is 32.0 Å². The van der Waals surface area contributed by atoms with E-state index in [9.17, 15) is 9.59 Å². The molecule has 27 heavy (non-hydrogen) atoms. The standard InChI is InChI=1S/C19H37N5O2.HI/c1-4-20-19(22-13-12-17(25)24(5-2)6-3)23-15-14-21-18(26)16-10-8-7-9-11-16;/h16H,4-15H2,1-3H3,(H,21,26)(H2,20,22,23);1H. The van der Waals surface area contributed by atoms with Gasteiger partial charge in [0.15, 0.2) is 5.96 Å². The van der Waals surface area contributed by atoms with Gasteiger partial charge in [0.05, 0.1) is 6.54 Å². The molecule has 0 unspecified atom stereocenters. The highest BCUT2D eigenvalue weighted by Crippen LogP contribution is 2.23. The molecule has 158 valence electrons. The molecule has 0 radical (unpaired) electrons. The fraction of sp³-hybridized carbons (Fsp3) is 0.842. The molecule has 0 atom stereocenters. The summed E-state index contributed by atoms with van der Waals surface area (Å²) in [5, 5.41) is 9.38. The van der Waals surface area contributed by atoms with E-state index in [1.807, 2.05) is 25.7 Å². The number of hydrogen-bond donors (Lipinski definition) is 3. The van der Waals surface area contributed by atoms with E-state index in [1.54, 1.807) is 0 Å². The SMILES string of the molecule is CCNC(=NCCC(=O)N(CC)CC)NCCNC(=O)C1CCCCC1.I. The topological polar surface area (TPSA) is 85.8 Å². The van der Waals surface area contributed by atoms with Gasteiger partial charge in [-0.2, -0.15) is 0 Å². The Balaban J connectivity index is 0.00000676. The van der Waals surface area contributed by atoms with E-state index in [0.717, 1.165) is 32.5 Å². The highest BCUT2D eigenvalue weighted by molar-refractivity contribution is 14.0. The Kier molecular flexibility index (Phi) is 15.3. The second-order valence-corrected chi connectivity index (χ2v) is 6.63. The van der Waals surface area contributed by atoms with E-state index in [-0.39, 0.29) is 41.7 Å². The minimum atomic E-state index is 0. The van der Waals surface area contributed by atoms with Crippen LogP contribution in [0.4, 0.5) is 0 Å². The lowest BCUT2D eigenvalue weighted by Gasteiger charge is -2.21. The van der Waals surface area contributed by atoms with Gasteiger partial charge in [-0.1, -0.05) is 19.3 Å². The van der Waals surface area contributed by atoms with Gasteiger partial charge < -0.3 is 20.9 Å². The summed E-state index contributed by atoms with van der Waals surface area (Å²) >= 11 is 0. The molecule has 0 aromatic rings. The number of nitrogens with one attached hydrogen (secondary N) is 3. The Morgan fingerprint density at radius 3 is 2.19 bits per heavy atom. The average Bonchev–Trinajstić information content (AvgIpc) is 2.66. The molecule has 0 aromatic carbocycles. The van der Waals surface area contributed by atoms with Crippen molar-refractivity contribution in [2.75, 3.05) is 39.3 Å². The average molecular weight is 495 g/mol. The van der Waals surface area contributed by atoms with Crippen LogP contribution >= 0.6 is 24.0 Å². The molecule has 1 rings (SSSR count). The number of halogens is 1. The van der Waals surface area contributed by atoms with Crippen molar-refractivity contribution in [2.24, 2.45) is 10.9 Å². The van der Waals surface area contributed by atoms with Crippen LogP contribution in [0.2, 0.25) is 0 Å². The molecule has 1 aliphatic carbocycles. The summed E-state index contributed by atoms with van der Waals surface area (Å²) in [6.07, 6.45) is 6.04. The molecule has 8 heteroatoms. The fourth-order valence-electron chi connectivity index (χ4n) is 3.22. The first-order valence-corrected chi connectivity index (χ1v) is 10.2. The van der Waals surface area contributed by atoms with E-state index in [2.05, 4.69) is 20.9 Å². The summed E-state index contributed by atoms with van der Waals surface area (Å²) in [7, 11) is 0. The third-order valence-electron chi connectivity index (χ3n) is 4.75. The molecular weight excluding hydrogens is 457 g/mol. The van der Waals surface area contributed by atoms with Crippen molar-refractivity contribution in [2.45, 2.75) is 59.3 Å². The Hall–Kier alpha value is -1.06. The molecular formula is C19H38IN5O2. The third kappa shape index (κ3) is 10.8. The molecule has 1 saturated carbocycles. The molecule has 3 N–H and O–H groups in total. The third-order valence-corrected chi connectivity index (χ3v) is 4.75. The van der Waals surface area contributed by atoms with Crippen molar-refractivity contribution < 1.29 is 9.59 Å². The van der Waals surface area contributed by atoms with Gasteiger partial charge in [-0.3, -0.25) is 14.6 Å². The minimum absolute atomic E-state index is 0. The normalized spacial score (nSPS) is 14.9. The molecule has 0 bridgehead atoms. The van der Waals surface area contributed by atoms with Gasteiger partial charge in [-0.25, -0.2) is 0 Å². The van der Waals surface area contributed by atoms with Gasteiger partial charge in [-0.05, 0) is 33.6 Å². The first kappa shape index (κ1) is 25.9. The van der Waals surface area contributed by atoms with Crippen LogP contribution in [0.3, 0.4) is 0 Å². The molecule has 0 saturated heterocycles. The van der Waals surface area contributed by atoms with Crippen LogP contribution in [0.1, 0.15) is 59.3 Å². The van der Waals surface area contributed by atoms with E-state index in [1.165, 1.54) is 19.3 Å².